The van der Waals surface area contributed by atoms with Gasteiger partial charge in [0.15, 0.2) is 0 Å². The molecule has 1 rings (SSSR count). The molecule has 0 radical (unpaired) electrons. The SMILES string of the molecule is CC(C)CCCCCCCOc1ccccc1. The molecule has 0 bridgehead atoms. The molecule has 0 spiro atoms. The Bertz CT molecular complexity index is 266. The van der Waals surface area contributed by atoms with Crippen molar-refractivity contribution in [1.29, 1.82) is 0 Å². The molecule has 0 unspecified atom stereocenters. The number of hydrogen-bond acceptors (Lipinski definition) is 1. The molecule has 0 N–H and O–H groups in total. The maximum absolute atomic E-state index is 5.65. The van der Waals surface area contributed by atoms with Crippen molar-refractivity contribution in [2.24, 2.45) is 5.92 Å². The van der Waals surface area contributed by atoms with Crippen LogP contribution in [0.3, 0.4) is 0 Å². The highest BCUT2D eigenvalue weighted by molar-refractivity contribution is 5.20. The van der Waals surface area contributed by atoms with Gasteiger partial charge in [-0.3, -0.25) is 0 Å². The zero-order chi connectivity index (χ0) is 12.3. The summed E-state index contributed by atoms with van der Waals surface area (Å²) in [5, 5.41) is 0. The predicted molar refractivity (Wildman–Crippen MR) is 74.5 cm³/mol. The molecule has 1 heteroatoms. The summed E-state index contributed by atoms with van der Waals surface area (Å²) in [5.74, 6) is 1.85. The van der Waals surface area contributed by atoms with Gasteiger partial charge in [-0.1, -0.05) is 64.2 Å². The van der Waals surface area contributed by atoms with Crippen LogP contribution >= 0.6 is 0 Å². The Morgan fingerprint density at radius 1 is 0.882 bits per heavy atom. The standard InChI is InChI=1S/C16H26O/c1-15(2)11-7-4-3-5-10-14-17-16-12-8-6-9-13-16/h6,8-9,12-13,15H,3-5,7,10-11,14H2,1-2H3. The van der Waals surface area contributed by atoms with Gasteiger partial charge in [-0.05, 0) is 24.5 Å². The number of hydrogen-bond donors (Lipinski definition) is 0. The number of unbranched alkanes of at least 4 members (excludes halogenated alkanes) is 4. The van der Waals surface area contributed by atoms with Crippen LogP contribution in [-0.4, -0.2) is 6.61 Å². The topological polar surface area (TPSA) is 9.23 Å². The first-order valence-corrected chi connectivity index (χ1v) is 6.97. The predicted octanol–water partition coefficient (Wildman–Crippen LogP) is 5.06. The monoisotopic (exact) mass is 234 g/mol. The third-order valence-corrected chi connectivity index (χ3v) is 2.94. The van der Waals surface area contributed by atoms with Gasteiger partial charge in [-0.25, -0.2) is 0 Å². The van der Waals surface area contributed by atoms with Crippen molar-refractivity contribution in [2.75, 3.05) is 6.61 Å². The van der Waals surface area contributed by atoms with E-state index in [2.05, 4.69) is 13.8 Å². The van der Waals surface area contributed by atoms with E-state index in [0.717, 1.165) is 18.3 Å². The molecular weight excluding hydrogens is 208 g/mol. The van der Waals surface area contributed by atoms with Crippen LogP contribution in [0.5, 0.6) is 5.75 Å². The minimum atomic E-state index is 0.855. The Hall–Kier alpha value is -0.980. The second-order valence-corrected chi connectivity index (χ2v) is 5.11. The van der Waals surface area contributed by atoms with E-state index >= 15 is 0 Å². The molecule has 17 heavy (non-hydrogen) atoms. The number of rotatable bonds is 9. The van der Waals surface area contributed by atoms with Crippen molar-refractivity contribution < 1.29 is 4.74 Å². The highest BCUT2D eigenvalue weighted by atomic mass is 16.5. The van der Waals surface area contributed by atoms with Gasteiger partial charge in [0, 0.05) is 0 Å². The molecule has 1 aromatic carbocycles. The molecule has 0 heterocycles. The average molecular weight is 234 g/mol. The largest absolute Gasteiger partial charge is 0.494 e. The van der Waals surface area contributed by atoms with Gasteiger partial charge in [0.05, 0.1) is 6.61 Å². The van der Waals surface area contributed by atoms with Crippen molar-refractivity contribution in [3.8, 4) is 5.75 Å². The van der Waals surface area contributed by atoms with Crippen molar-refractivity contribution in [1.82, 2.24) is 0 Å². The Kier molecular flexibility index (Phi) is 7.53. The second kappa shape index (κ2) is 9.09. The van der Waals surface area contributed by atoms with Gasteiger partial charge in [0.1, 0.15) is 5.75 Å². The van der Waals surface area contributed by atoms with Gasteiger partial charge in [0.25, 0.3) is 0 Å². The van der Waals surface area contributed by atoms with Crippen molar-refractivity contribution in [3.05, 3.63) is 30.3 Å². The summed E-state index contributed by atoms with van der Waals surface area (Å²) in [5.41, 5.74) is 0. The summed E-state index contributed by atoms with van der Waals surface area (Å²) in [7, 11) is 0. The van der Waals surface area contributed by atoms with Crippen LogP contribution in [0, 0.1) is 5.92 Å². The first-order valence-electron chi connectivity index (χ1n) is 6.97. The molecule has 0 aliphatic carbocycles. The lowest BCUT2D eigenvalue weighted by atomic mass is 10.0. The molecule has 0 aliphatic heterocycles. The van der Waals surface area contributed by atoms with Crippen molar-refractivity contribution in [2.45, 2.75) is 52.4 Å². The van der Waals surface area contributed by atoms with Gasteiger partial charge in [-0.15, -0.1) is 0 Å². The van der Waals surface area contributed by atoms with Gasteiger partial charge < -0.3 is 4.74 Å². The molecule has 0 aliphatic rings. The highest BCUT2D eigenvalue weighted by Crippen LogP contribution is 2.12. The van der Waals surface area contributed by atoms with E-state index < -0.39 is 0 Å². The summed E-state index contributed by atoms with van der Waals surface area (Å²) in [6.07, 6.45) is 7.97. The summed E-state index contributed by atoms with van der Waals surface area (Å²) in [6, 6.07) is 10.1. The van der Waals surface area contributed by atoms with E-state index in [-0.39, 0.29) is 0 Å². The maximum Gasteiger partial charge on any atom is 0.119 e. The minimum Gasteiger partial charge on any atom is -0.494 e. The van der Waals surface area contributed by atoms with Crippen LogP contribution in [0.15, 0.2) is 30.3 Å². The Balaban J connectivity index is 1.88. The number of para-hydroxylation sites is 1. The molecule has 0 saturated heterocycles. The van der Waals surface area contributed by atoms with E-state index in [1.807, 2.05) is 30.3 Å². The quantitative estimate of drug-likeness (QED) is 0.542. The Labute approximate surface area is 106 Å². The van der Waals surface area contributed by atoms with E-state index in [0.29, 0.717) is 0 Å². The highest BCUT2D eigenvalue weighted by Gasteiger charge is 1.95. The van der Waals surface area contributed by atoms with Crippen LogP contribution in [0.25, 0.3) is 0 Å². The van der Waals surface area contributed by atoms with Crippen molar-refractivity contribution >= 4 is 0 Å². The molecule has 0 amide bonds. The van der Waals surface area contributed by atoms with E-state index in [1.165, 1.54) is 38.5 Å². The number of benzene rings is 1. The summed E-state index contributed by atoms with van der Waals surface area (Å²) in [6.45, 7) is 5.45. The zero-order valence-electron chi connectivity index (χ0n) is 11.3. The lowest BCUT2D eigenvalue weighted by Gasteiger charge is -2.06. The van der Waals surface area contributed by atoms with Crippen molar-refractivity contribution in [3.63, 3.8) is 0 Å². The number of ether oxygens (including phenoxy) is 1. The van der Waals surface area contributed by atoms with Gasteiger partial charge >= 0.3 is 0 Å². The van der Waals surface area contributed by atoms with Crippen LogP contribution in [0.1, 0.15) is 52.4 Å². The summed E-state index contributed by atoms with van der Waals surface area (Å²) in [4.78, 5) is 0. The van der Waals surface area contributed by atoms with Crippen LogP contribution < -0.4 is 4.74 Å². The first kappa shape index (κ1) is 14.1. The average Bonchev–Trinajstić information content (AvgIpc) is 2.33. The molecule has 96 valence electrons. The Morgan fingerprint density at radius 2 is 1.53 bits per heavy atom. The lowest BCUT2D eigenvalue weighted by Crippen LogP contribution is -1.97. The zero-order valence-corrected chi connectivity index (χ0v) is 11.3. The molecule has 1 aromatic rings. The normalized spacial score (nSPS) is 10.8. The van der Waals surface area contributed by atoms with E-state index in [4.69, 9.17) is 4.74 Å². The molecule has 0 saturated carbocycles. The fourth-order valence-corrected chi connectivity index (χ4v) is 1.89. The molecule has 1 nitrogen and oxygen atoms in total. The Morgan fingerprint density at radius 3 is 2.24 bits per heavy atom. The summed E-state index contributed by atoms with van der Waals surface area (Å²) >= 11 is 0. The second-order valence-electron chi connectivity index (χ2n) is 5.11. The maximum atomic E-state index is 5.65. The molecular formula is C16H26O. The first-order chi connectivity index (χ1) is 8.29. The smallest absolute Gasteiger partial charge is 0.119 e. The lowest BCUT2D eigenvalue weighted by molar-refractivity contribution is 0.304. The fourth-order valence-electron chi connectivity index (χ4n) is 1.89. The molecule has 0 aromatic heterocycles. The van der Waals surface area contributed by atoms with Crippen LogP contribution in [-0.2, 0) is 0 Å². The summed E-state index contributed by atoms with van der Waals surface area (Å²) < 4.78 is 5.65. The third kappa shape index (κ3) is 7.84. The minimum absolute atomic E-state index is 0.855. The van der Waals surface area contributed by atoms with E-state index in [9.17, 15) is 0 Å². The fraction of sp³-hybridized carbons (Fsp3) is 0.625. The van der Waals surface area contributed by atoms with Gasteiger partial charge in [-0.2, -0.15) is 0 Å². The van der Waals surface area contributed by atoms with E-state index in [1.54, 1.807) is 0 Å². The van der Waals surface area contributed by atoms with Crippen LogP contribution in [0.2, 0.25) is 0 Å². The third-order valence-electron chi connectivity index (χ3n) is 2.94. The molecule has 0 atom stereocenters. The van der Waals surface area contributed by atoms with Gasteiger partial charge in [0.2, 0.25) is 0 Å². The van der Waals surface area contributed by atoms with Crippen LogP contribution in [0.4, 0.5) is 0 Å². The molecule has 0 fully saturated rings.